The van der Waals surface area contributed by atoms with Crippen LogP contribution in [0.15, 0.2) is 228 Å². The minimum Gasteiger partial charge on any atom is -0.456 e. The number of para-hydroxylation sites is 1. The number of hydrogen-bond donors (Lipinski definition) is 0. The molecule has 6 aliphatic rings. The fourth-order valence-electron chi connectivity index (χ4n) is 13.4. The van der Waals surface area contributed by atoms with E-state index in [1.54, 1.807) is 5.57 Å². The summed E-state index contributed by atoms with van der Waals surface area (Å²) >= 11 is 0. The van der Waals surface area contributed by atoms with Crippen molar-refractivity contribution in [1.82, 2.24) is 0 Å². The molecular weight excluding hydrogens is 813 g/mol. The predicted octanol–water partition coefficient (Wildman–Crippen LogP) is 16.2. The van der Waals surface area contributed by atoms with Gasteiger partial charge >= 0.3 is 0 Å². The van der Waals surface area contributed by atoms with Crippen LogP contribution in [0, 0.1) is 11.8 Å². The van der Waals surface area contributed by atoms with Crippen LogP contribution in [0.4, 0.5) is 17.1 Å². The molecule has 1 heterocycles. The van der Waals surface area contributed by atoms with Crippen LogP contribution < -0.4 is 9.80 Å². The van der Waals surface area contributed by atoms with E-state index in [2.05, 4.69) is 230 Å². The number of allylic oxidation sites excluding steroid dienone is 12. The second-order valence-corrected chi connectivity index (χ2v) is 20.1. The quantitative estimate of drug-likeness (QED) is 0.142. The van der Waals surface area contributed by atoms with Crippen molar-refractivity contribution in [1.29, 1.82) is 0 Å². The topological polar surface area (TPSA) is 19.6 Å². The smallest absolute Gasteiger partial charge is 0.137 e. The first-order valence-corrected chi connectivity index (χ1v) is 24.7. The highest BCUT2D eigenvalue weighted by Gasteiger charge is 2.54. The summed E-state index contributed by atoms with van der Waals surface area (Å²) in [6, 6.07) is 52.9. The first-order chi connectivity index (χ1) is 33.0. The van der Waals surface area contributed by atoms with E-state index in [0.717, 1.165) is 55.1 Å². The average Bonchev–Trinajstić information content (AvgIpc) is 3.99. The summed E-state index contributed by atoms with van der Waals surface area (Å²) < 4.78 is 6.59. The molecule has 328 valence electrons. The fourth-order valence-corrected chi connectivity index (χ4v) is 13.4. The van der Waals surface area contributed by atoms with Crippen molar-refractivity contribution < 1.29 is 4.42 Å². The van der Waals surface area contributed by atoms with Gasteiger partial charge in [-0.05, 0) is 126 Å². The van der Waals surface area contributed by atoms with Gasteiger partial charge in [0.05, 0.1) is 22.5 Å². The van der Waals surface area contributed by atoms with Crippen molar-refractivity contribution in [3.8, 4) is 11.1 Å². The van der Waals surface area contributed by atoms with Crippen molar-refractivity contribution in [2.45, 2.75) is 75.3 Å². The molecule has 0 N–H and O–H groups in total. The third-order valence-corrected chi connectivity index (χ3v) is 16.2. The first-order valence-electron chi connectivity index (χ1n) is 24.7. The van der Waals surface area contributed by atoms with Crippen LogP contribution in [0.3, 0.4) is 0 Å². The monoisotopic (exact) mass is 868 g/mol. The second-order valence-electron chi connectivity index (χ2n) is 20.1. The summed E-state index contributed by atoms with van der Waals surface area (Å²) in [6.45, 7) is 4.79. The molecular formula is C64H56N2O. The number of nitrogens with zero attached hydrogens (tertiary/aromatic N) is 2. The molecule has 5 unspecified atom stereocenters. The van der Waals surface area contributed by atoms with Gasteiger partial charge in [-0.1, -0.05) is 177 Å². The SMILES string of the molecule is CC1(C)c2ccccc2-c2ccc(N(c3cccc4oc5ccccc5c34)C3CC=CC(N(C4=CC=CCC4)c4cccc(C5(c6ccccc6)C6=C(CCC=C6)C6C=CC=CC65)c4)C3)cc21. The summed E-state index contributed by atoms with van der Waals surface area (Å²) in [6.07, 6.45) is 32.5. The normalized spacial score (nSPS) is 24.1. The second kappa shape index (κ2) is 15.8. The van der Waals surface area contributed by atoms with Crippen molar-refractivity contribution in [3.05, 3.63) is 245 Å². The lowest BCUT2D eigenvalue weighted by Gasteiger charge is -2.43. The number of benzene rings is 6. The molecule has 1 aromatic heterocycles. The van der Waals surface area contributed by atoms with E-state index in [4.69, 9.17) is 4.42 Å². The number of fused-ring (bicyclic) bond motifs is 8. The number of rotatable bonds is 8. The Morgan fingerprint density at radius 2 is 1.37 bits per heavy atom. The van der Waals surface area contributed by atoms with Gasteiger partial charge in [0.1, 0.15) is 11.2 Å². The summed E-state index contributed by atoms with van der Waals surface area (Å²) in [5.41, 5.74) is 17.8. The van der Waals surface area contributed by atoms with Gasteiger partial charge in [0.25, 0.3) is 0 Å². The van der Waals surface area contributed by atoms with Gasteiger partial charge < -0.3 is 14.2 Å². The molecule has 0 amide bonds. The Labute approximate surface area is 395 Å². The third-order valence-electron chi connectivity index (χ3n) is 16.2. The fraction of sp³-hybridized carbons (Fsp3) is 0.219. The lowest BCUT2D eigenvalue weighted by atomic mass is 9.62. The van der Waals surface area contributed by atoms with Crippen LogP contribution >= 0.6 is 0 Å². The first kappa shape index (κ1) is 40.2. The lowest BCUT2D eigenvalue weighted by Crippen LogP contribution is -2.43. The van der Waals surface area contributed by atoms with Gasteiger partial charge in [-0.2, -0.15) is 0 Å². The number of furan rings is 1. The minimum absolute atomic E-state index is 0.121. The predicted molar refractivity (Wildman–Crippen MR) is 279 cm³/mol. The molecule has 0 spiro atoms. The Bertz CT molecular complexity index is 3330. The molecule has 0 bridgehead atoms. The van der Waals surface area contributed by atoms with E-state index in [9.17, 15) is 0 Å². The van der Waals surface area contributed by atoms with Crippen molar-refractivity contribution in [2.24, 2.45) is 11.8 Å². The molecule has 0 saturated heterocycles. The Kier molecular flexibility index (Phi) is 9.46. The largest absolute Gasteiger partial charge is 0.456 e. The zero-order valence-corrected chi connectivity index (χ0v) is 38.5. The molecule has 67 heavy (non-hydrogen) atoms. The molecule has 0 fully saturated rings. The Morgan fingerprint density at radius 1 is 0.597 bits per heavy atom. The standard InChI is InChI=1S/C64H56N2O/c1-63(2)55-32-13-9-28-50(55)53-39-38-49(42-58(53)63)66(59-35-19-37-61-62(59)54-31-12-16-36-60(54)67-61)48-27-18-26-47(41-48)65(45-23-7-4-8-24-45)46-25-17-22-44(40-46)64(43-20-5-3-6-21-43)56-33-14-10-29-51(56)52-30-11-15-34-57(52)64/h3-7,9-10,12-23,25-26,28-29,31-40,42,47-48,51,56H,8,11,24,27,30,41H2,1-2H3. The molecule has 0 saturated carbocycles. The van der Waals surface area contributed by atoms with Crippen molar-refractivity contribution in [2.75, 3.05) is 9.80 Å². The Morgan fingerprint density at radius 3 is 2.28 bits per heavy atom. The zero-order chi connectivity index (χ0) is 44.7. The highest BCUT2D eigenvalue weighted by Crippen LogP contribution is 2.61. The summed E-state index contributed by atoms with van der Waals surface area (Å²) in [5.74, 6) is 0.687. The highest BCUT2D eigenvalue weighted by molar-refractivity contribution is 6.12. The summed E-state index contributed by atoms with van der Waals surface area (Å²) in [5, 5.41) is 2.33. The molecule has 5 atom stereocenters. The van der Waals surface area contributed by atoms with E-state index in [1.165, 1.54) is 67.1 Å². The van der Waals surface area contributed by atoms with E-state index >= 15 is 0 Å². The zero-order valence-electron chi connectivity index (χ0n) is 38.5. The number of hydrogen-bond acceptors (Lipinski definition) is 3. The minimum atomic E-state index is -0.309. The highest BCUT2D eigenvalue weighted by atomic mass is 16.3. The van der Waals surface area contributed by atoms with Gasteiger partial charge in [-0.15, -0.1) is 0 Å². The van der Waals surface area contributed by atoms with Crippen LogP contribution in [0.2, 0.25) is 0 Å². The van der Waals surface area contributed by atoms with E-state index in [1.807, 2.05) is 0 Å². The summed E-state index contributed by atoms with van der Waals surface area (Å²) in [7, 11) is 0. The molecule has 6 aromatic carbocycles. The maximum Gasteiger partial charge on any atom is 0.137 e. The van der Waals surface area contributed by atoms with Gasteiger partial charge in [0, 0.05) is 45.8 Å². The van der Waals surface area contributed by atoms with E-state index in [0.29, 0.717) is 11.8 Å². The van der Waals surface area contributed by atoms with Gasteiger partial charge in [0.15, 0.2) is 0 Å². The Hall–Kier alpha value is -7.10. The van der Waals surface area contributed by atoms with E-state index in [-0.39, 0.29) is 22.9 Å². The molecule has 7 aromatic rings. The molecule has 0 radical (unpaired) electrons. The molecule has 13 rings (SSSR count). The summed E-state index contributed by atoms with van der Waals surface area (Å²) in [4.78, 5) is 5.39. The van der Waals surface area contributed by atoms with Gasteiger partial charge in [-0.25, -0.2) is 0 Å². The third kappa shape index (κ3) is 6.16. The molecule has 0 aliphatic heterocycles. The maximum absolute atomic E-state index is 6.59. The van der Waals surface area contributed by atoms with Crippen LogP contribution in [0.25, 0.3) is 33.1 Å². The van der Waals surface area contributed by atoms with Crippen molar-refractivity contribution in [3.63, 3.8) is 0 Å². The molecule has 3 nitrogen and oxygen atoms in total. The average molecular weight is 869 g/mol. The van der Waals surface area contributed by atoms with E-state index < -0.39 is 0 Å². The van der Waals surface area contributed by atoms with Gasteiger partial charge in [0.2, 0.25) is 0 Å². The van der Waals surface area contributed by atoms with Crippen LogP contribution in [-0.2, 0) is 10.8 Å². The molecule has 3 heteroatoms. The van der Waals surface area contributed by atoms with Crippen LogP contribution in [0.5, 0.6) is 0 Å². The van der Waals surface area contributed by atoms with Crippen LogP contribution in [0.1, 0.15) is 74.6 Å². The lowest BCUT2D eigenvalue weighted by molar-refractivity contribution is 0.423. The molecule has 6 aliphatic carbocycles. The van der Waals surface area contributed by atoms with Crippen molar-refractivity contribution >= 4 is 39.0 Å². The van der Waals surface area contributed by atoms with Gasteiger partial charge in [-0.3, -0.25) is 0 Å². The Balaban J connectivity index is 0.959. The van der Waals surface area contributed by atoms with Crippen LogP contribution in [-0.4, -0.2) is 12.1 Å². The maximum atomic E-state index is 6.59. The number of anilines is 3.